The standard InChI is InChI=1S/C3H8O3.ClH2O4P/c4-1-3(6)2-5;1-5-6(2,3)4/h3-6H,1-2H2;(H2,2,3,4). The van der Waals surface area contributed by atoms with E-state index in [1.54, 1.807) is 0 Å². The molecular weight excluding hydrogens is 214 g/mol. The minimum absolute atomic E-state index is 0.365. The Bertz CT molecular complexity index is 131. The van der Waals surface area contributed by atoms with E-state index in [9.17, 15) is 4.57 Å². The first-order valence-corrected chi connectivity index (χ1v) is 4.47. The summed E-state index contributed by atoms with van der Waals surface area (Å²) in [6.07, 6.45) is -0.954. The van der Waals surface area contributed by atoms with Crippen molar-refractivity contribution in [1.82, 2.24) is 0 Å². The van der Waals surface area contributed by atoms with E-state index in [1.165, 1.54) is 0 Å². The molecule has 0 spiro atoms. The van der Waals surface area contributed by atoms with Crippen LogP contribution in [0.5, 0.6) is 0 Å². The third-order valence-corrected chi connectivity index (χ3v) is 1.23. The molecule has 0 fully saturated rings. The lowest BCUT2D eigenvalue weighted by atomic mass is 10.4. The van der Waals surface area contributed by atoms with E-state index in [2.05, 4.69) is 15.9 Å². The summed E-state index contributed by atoms with van der Waals surface area (Å²) in [7, 11) is -4.38. The van der Waals surface area contributed by atoms with Crippen molar-refractivity contribution in [2.45, 2.75) is 6.10 Å². The molecule has 5 N–H and O–H groups in total. The number of hydrogen-bond acceptors (Lipinski definition) is 5. The number of aliphatic hydroxyl groups excluding tert-OH is 3. The molecule has 0 aromatic rings. The first-order valence-electron chi connectivity index (χ1n) is 2.63. The molecule has 0 saturated heterocycles. The van der Waals surface area contributed by atoms with E-state index < -0.39 is 13.9 Å². The molecule has 0 atom stereocenters. The van der Waals surface area contributed by atoms with Gasteiger partial charge in [-0.2, -0.15) is 4.08 Å². The van der Waals surface area contributed by atoms with Gasteiger partial charge in [-0.05, 0) is 0 Å². The van der Waals surface area contributed by atoms with Gasteiger partial charge in [-0.25, -0.2) is 4.57 Å². The number of hydrogen-bond donors (Lipinski definition) is 5. The first kappa shape index (κ1) is 14.8. The molecule has 0 unspecified atom stereocenters. The van der Waals surface area contributed by atoms with Crippen LogP contribution in [0.25, 0.3) is 0 Å². The summed E-state index contributed by atoms with van der Waals surface area (Å²) in [6, 6.07) is 0. The topological polar surface area (TPSA) is 127 Å². The maximum absolute atomic E-state index is 9.34. The molecule has 0 amide bonds. The fourth-order valence-corrected chi connectivity index (χ4v) is 0.0577. The van der Waals surface area contributed by atoms with Gasteiger partial charge in [0.15, 0.2) is 0 Å². The highest BCUT2D eigenvalue weighted by molar-refractivity contribution is 7.47. The predicted octanol–water partition coefficient (Wildman–Crippen LogP) is -1.42. The molecule has 9 heteroatoms. The average molecular weight is 225 g/mol. The molecule has 0 heterocycles. The quantitative estimate of drug-likeness (QED) is 0.372. The SMILES string of the molecule is O=P(O)(O)OCl.OCC(O)CO. The summed E-state index contributed by atoms with van der Waals surface area (Å²) >= 11 is 4.21. The lowest BCUT2D eigenvalue weighted by Gasteiger charge is -1.96. The van der Waals surface area contributed by atoms with Gasteiger partial charge in [-0.15, -0.1) is 0 Å². The molecule has 76 valence electrons. The second-order valence-electron chi connectivity index (χ2n) is 1.58. The van der Waals surface area contributed by atoms with Crippen LogP contribution < -0.4 is 0 Å². The first-order chi connectivity index (χ1) is 5.37. The van der Waals surface area contributed by atoms with Crippen LogP contribution in [-0.2, 0) is 8.64 Å². The van der Waals surface area contributed by atoms with Gasteiger partial charge in [0, 0.05) is 0 Å². The minimum atomic E-state index is -4.38. The van der Waals surface area contributed by atoms with Crippen molar-refractivity contribution in [2.24, 2.45) is 0 Å². The van der Waals surface area contributed by atoms with E-state index in [-0.39, 0.29) is 13.2 Å². The van der Waals surface area contributed by atoms with Crippen molar-refractivity contribution in [3.63, 3.8) is 0 Å². The van der Waals surface area contributed by atoms with Gasteiger partial charge in [0.2, 0.25) is 0 Å². The minimum Gasteiger partial charge on any atom is -0.394 e. The van der Waals surface area contributed by atoms with Gasteiger partial charge in [-0.1, -0.05) is 0 Å². The number of rotatable bonds is 3. The van der Waals surface area contributed by atoms with E-state index in [0.29, 0.717) is 0 Å². The largest absolute Gasteiger partial charge is 0.486 e. The lowest BCUT2D eigenvalue weighted by Crippen LogP contribution is -2.15. The van der Waals surface area contributed by atoms with E-state index in [0.717, 1.165) is 0 Å². The van der Waals surface area contributed by atoms with Crippen LogP contribution in [0.2, 0.25) is 0 Å². The fourth-order valence-electron chi connectivity index (χ4n) is 0.0577. The second-order valence-corrected chi connectivity index (χ2v) is 3.11. The Morgan fingerprint density at radius 2 is 1.58 bits per heavy atom. The molecule has 12 heavy (non-hydrogen) atoms. The number of phosphoric acid groups is 1. The molecule has 7 nitrogen and oxygen atoms in total. The summed E-state index contributed by atoms with van der Waals surface area (Å²) < 4.78 is 12.4. The summed E-state index contributed by atoms with van der Waals surface area (Å²) in [4.78, 5) is 15.2. The number of aliphatic hydroxyl groups is 3. The molecule has 0 radical (unpaired) electrons. The fraction of sp³-hybridized carbons (Fsp3) is 1.00. The monoisotopic (exact) mass is 224 g/mol. The highest BCUT2D eigenvalue weighted by atomic mass is 35.5. The van der Waals surface area contributed by atoms with Crippen molar-refractivity contribution in [3.8, 4) is 0 Å². The van der Waals surface area contributed by atoms with Crippen molar-refractivity contribution in [1.29, 1.82) is 0 Å². The smallest absolute Gasteiger partial charge is 0.394 e. The number of halogens is 1. The van der Waals surface area contributed by atoms with Crippen molar-refractivity contribution < 1.29 is 33.7 Å². The predicted molar refractivity (Wildman–Crippen MR) is 39.2 cm³/mol. The van der Waals surface area contributed by atoms with Crippen LogP contribution in [0.1, 0.15) is 0 Å². The van der Waals surface area contributed by atoms with Crippen molar-refractivity contribution in [3.05, 3.63) is 0 Å². The zero-order chi connectivity index (χ0) is 10.2. The third kappa shape index (κ3) is 16.7. The maximum atomic E-state index is 9.34. The van der Waals surface area contributed by atoms with Gasteiger partial charge < -0.3 is 25.1 Å². The zero-order valence-corrected chi connectivity index (χ0v) is 7.52. The Morgan fingerprint density at radius 3 is 1.58 bits per heavy atom. The van der Waals surface area contributed by atoms with Gasteiger partial charge in [0.05, 0.1) is 25.1 Å². The molecule has 0 aromatic carbocycles. The van der Waals surface area contributed by atoms with E-state index in [4.69, 9.17) is 25.1 Å². The lowest BCUT2D eigenvalue weighted by molar-refractivity contribution is 0.0450. The van der Waals surface area contributed by atoms with Crippen LogP contribution in [0.15, 0.2) is 0 Å². The Hall–Kier alpha value is 0.280. The maximum Gasteiger partial charge on any atom is 0.486 e. The van der Waals surface area contributed by atoms with Crippen molar-refractivity contribution in [2.75, 3.05) is 13.2 Å². The molecule has 0 aromatic heterocycles. The van der Waals surface area contributed by atoms with E-state index >= 15 is 0 Å². The molecule has 0 saturated carbocycles. The molecule has 0 bridgehead atoms. The molecule has 0 aliphatic heterocycles. The van der Waals surface area contributed by atoms with Crippen LogP contribution in [-0.4, -0.2) is 44.4 Å². The van der Waals surface area contributed by atoms with Crippen LogP contribution in [0.3, 0.4) is 0 Å². The summed E-state index contributed by atoms with van der Waals surface area (Å²) in [6.45, 7) is -0.729. The summed E-state index contributed by atoms with van der Waals surface area (Å²) in [5.74, 6) is 0. The summed E-state index contributed by atoms with van der Waals surface area (Å²) in [5.41, 5.74) is 0. The Morgan fingerprint density at radius 1 is 1.33 bits per heavy atom. The van der Waals surface area contributed by atoms with Gasteiger partial charge in [-0.3, -0.25) is 0 Å². The summed E-state index contributed by atoms with van der Waals surface area (Å²) in [5, 5.41) is 24.0. The van der Waals surface area contributed by atoms with Gasteiger partial charge >= 0.3 is 7.82 Å². The highest BCUT2D eigenvalue weighted by Gasteiger charge is 2.10. The molecule has 0 rings (SSSR count). The Kier molecular flexibility index (Phi) is 9.74. The van der Waals surface area contributed by atoms with E-state index in [1.807, 2.05) is 0 Å². The van der Waals surface area contributed by atoms with Gasteiger partial charge in [0.25, 0.3) is 0 Å². The van der Waals surface area contributed by atoms with Crippen LogP contribution in [0, 0.1) is 0 Å². The molecular formula is C3H10ClO7P. The van der Waals surface area contributed by atoms with Crippen molar-refractivity contribution >= 4 is 19.7 Å². The zero-order valence-electron chi connectivity index (χ0n) is 5.87. The average Bonchev–Trinajstić information content (AvgIpc) is 2.03. The van der Waals surface area contributed by atoms with Crippen LogP contribution >= 0.6 is 19.7 Å². The normalized spacial score (nSPS) is 10.9. The van der Waals surface area contributed by atoms with Gasteiger partial charge in [0.1, 0.15) is 6.10 Å². The molecule has 0 aliphatic carbocycles. The molecule has 0 aliphatic rings. The third-order valence-electron chi connectivity index (χ3n) is 0.511. The van der Waals surface area contributed by atoms with Crippen LogP contribution in [0.4, 0.5) is 0 Å². The Balaban J connectivity index is 0. The Labute approximate surface area is 73.6 Å². The second kappa shape index (κ2) is 7.90. The highest BCUT2D eigenvalue weighted by Crippen LogP contribution is 2.36.